The van der Waals surface area contributed by atoms with Gasteiger partial charge in [0.25, 0.3) is 0 Å². The van der Waals surface area contributed by atoms with Crippen LogP contribution in [0.2, 0.25) is 0 Å². The lowest BCUT2D eigenvalue weighted by molar-refractivity contribution is -0.115. The molecule has 0 spiro atoms. The van der Waals surface area contributed by atoms with Crippen molar-refractivity contribution in [2.75, 3.05) is 5.32 Å². The zero-order valence-electron chi connectivity index (χ0n) is 8.24. The molecule has 0 atom stereocenters. The second-order valence-electron chi connectivity index (χ2n) is 3.22. The number of amides is 1. The number of hydrogen-bond donors (Lipinski definition) is 3. The summed E-state index contributed by atoms with van der Waals surface area (Å²) in [6.45, 7) is 1.85. The normalized spacial score (nSPS) is 10.2. The minimum absolute atomic E-state index is 0.0937. The van der Waals surface area contributed by atoms with Gasteiger partial charge in [-0.1, -0.05) is 0 Å². The summed E-state index contributed by atoms with van der Waals surface area (Å²) in [6, 6.07) is 1.77. The monoisotopic (exact) mass is 205 g/mol. The summed E-state index contributed by atoms with van der Waals surface area (Å²) in [6.07, 6.45) is 3.48. The van der Waals surface area contributed by atoms with E-state index in [-0.39, 0.29) is 12.3 Å². The van der Waals surface area contributed by atoms with Crippen molar-refractivity contribution >= 4 is 11.6 Å². The quantitative estimate of drug-likeness (QED) is 0.686. The van der Waals surface area contributed by atoms with Crippen LogP contribution in [0.1, 0.15) is 11.4 Å². The van der Waals surface area contributed by atoms with Crippen molar-refractivity contribution in [3.63, 3.8) is 0 Å². The second kappa shape index (κ2) is 3.95. The number of rotatable bonds is 3. The second-order valence-corrected chi connectivity index (χ2v) is 3.22. The van der Waals surface area contributed by atoms with E-state index in [0.29, 0.717) is 5.69 Å². The smallest absolute Gasteiger partial charge is 0.230 e. The summed E-state index contributed by atoms with van der Waals surface area (Å²) in [5.74, 6) is -0.0937. The molecule has 6 heteroatoms. The lowest BCUT2D eigenvalue weighted by atomic mass is 10.3. The van der Waals surface area contributed by atoms with Crippen LogP contribution < -0.4 is 5.32 Å². The van der Waals surface area contributed by atoms with Gasteiger partial charge in [0.2, 0.25) is 5.91 Å². The number of nitrogens with zero attached hydrogens (tertiary/aromatic N) is 2. The number of anilines is 1. The maximum atomic E-state index is 11.5. The molecule has 2 aromatic heterocycles. The van der Waals surface area contributed by atoms with Crippen molar-refractivity contribution in [2.45, 2.75) is 13.3 Å². The molecule has 0 saturated heterocycles. The average molecular weight is 205 g/mol. The molecule has 2 aromatic rings. The Bertz CT molecular complexity index is 445. The fraction of sp³-hybridized carbons (Fsp3) is 0.222. The van der Waals surface area contributed by atoms with Gasteiger partial charge < -0.3 is 5.32 Å². The van der Waals surface area contributed by atoms with Crippen molar-refractivity contribution in [3.05, 3.63) is 29.8 Å². The van der Waals surface area contributed by atoms with Crippen LogP contribution in [0.15, 0.2) is 18.5 Å². The first-order valence-corrected chi connectivity index (χ1v) is 4.54. The Morgan fingerprint density at radius 1 is 1.47 bits per heavy atom. The van der Waals surface area contributed by atoms with Crippen LogP contribution in [-0.4, -0.2) is 26.3 Å². The highest BCUT2D eigenvalue weighted by molar-refractivity contribution is 5.92. The molecule has 0 unspecified atom stereocenters. The Balaban J connectivity index is 1.96. The van der Waals surface area contributed by atoms with Gasteiger partial charge in [-0.3, -0.25) is 15.0 Å². The number of aromatic amines is 2. The minimum atomic E-state index is -0.0937. The largest absolute Gasteiger partial charge is 0.323 e. The standard InChI is InChI=1S/C9H11N5O/c1-6-8(5-11-13-6)12-9(15)4-7-2-3-10-14-7/h2-3,5H,4H2,1H3,(H,10,14)(H,11,13)(H,12,15). The molecule has 15 heavy (non-hydrogen) atoms. The molecule has 0 fully saturated rings. The van der Waals surface area contributed by atoms with Gasteiger partial charge in [0.05, 0.1) is 24.0 Å². The fourth-order valence-corrected chi connectivity index (χ4v) is 1.23. The number of nitrogens with one attached hydrogen (secondary N) is 3. The molecular formula is C9H11N5O. The number of aryl methyl sites for hydroxylation is 1. The van der Waals surface area contributed by atoms with Crippen LogP contribution >= 0.6 is 0 Å². The summed E-state index contributed by atoms with van der Waals surface area (Å²) in [7, 11) is 0. The third kappa shape index (κ3) is 2.22. The van der Waals surface area contributed by atoms with Crippen LogP contribution in [0.3, 0.4) is 0 Å². The van der Waals surface area contributed by atoms with Crippen molar-refractivity contribution in [3.8, 4) is 0 Å². The highest BCUT2D eigenvalue weighted by atomic mass is 16.1. The molecule has 0 radical (unpaired) electrons. The zero-order chi connectivity index (χ0) is 10.7. The van der Waals surface area contributed by atoms with Gasteiger partial charge in [0.15, 0.2) is 0 Å². The third-order valence-corrected chi connectivity index (χ3v) is 2.01. The number of carbonyl (C=O) groups excluding carboxylic acids is 1. The van der Waals surface area contributed by atoms with Gasteiger partial charge >= 0.3 is 0 Å². The van der Waals surface area contributed by atoms with Crippen molar-refractivity contribution in [2.24, 2.45) is 0 Å². The molecule has 2 heterocycles. The Hall–Kier alpha value is -2.11. The maximum absolute atomic E-state index is 11.5. The van der Waals surface area contributed by atoms with Crippen LogP contribution in [0.25, 0.3) is 0 Å². The molecule has 0 bridgehead atoms. The first-order valence-electron chi connectivity index (χ1n) is 4.54. The first kappa shape index (κ1) is 9.45. The van der Waals surface area contributed by atoms with Gasteiger partial charge in [-0.15, -0.1) is 0 Å². The predicted octanol–water partition coefficient (Wildman–Crippen LogP) is 0.622. The lowest BCUT2D eigenvalue weighted by Gasteiger charge is -2.01. The highest BCUT2D eigenvalue weighted by Crippen LogP contribution is 2.09. The van der Waals surface area contributed by atoms with Crippen molar-refractivity contribution < 1.29 is 4.79 Å². The van der Waals surface area contributed by atoms with Crippen LogP contribution in [-0.2, 0) is 11.2 Å². The van der Waals surface area contributed by atoms with E-state index in [0.717, 1.165) is 11.4 Å². The van der Waals surface area contributed by atoms with Gasteiger partial charge in [-0.25, -0.2) is 0 Å². The molecule has 0 saturated carbocycles. The van der Waals surface area contributed by atoms with Crippen molar-refractivity contribution in [1.82, 2.24) is 20.4 Å². The predicted molar refractivity (Wildman–Crippen MR) is 54.2 cm³/mol. The summed E-state index contributed by atoms with van der Waals surface area (Å²) in [4.78, 5) is 11.5. The number of hydrogen-bond acceptors (Lipinski definition) is 3. The molecule has 6 nitrogen and oxygen atoms in total. The van der Waals surface area contributed by atoms with E-state index < -0.39 is 0 Å². The third-order valence-electron chi connectivity index (χ3n) is 2.01. The van der Waals surface area contributed by atoms with E-state index in [1.165, 1.54) is 0 Å². The lowest BCUT2D eigenvalue weighted by Crippen LogP contribution is -2.14. The number of H-pyrrole nitrogens is 2. The topological polar surface area (TPSA) is 86.5 Å². The van der Waals surface area contributed by atoms with Gasteiger partial charge in [-0.2, -0.15) is 10.2 Å². The Morgan fingerprint density at radius 2 is 2.33 bits per heavy atom. The average Bonchev–Trinajstić information content (AvgIpc) is 2.79. The maximum Gasteiger partial charge on any atom is 0.230 e. The minimum Gasteiger partial charge on any atom is -0.323 e. The van der Waals surface area contributed by atoms with Gasteiger partial charge in [-0.05, 0) is 13.0 Å². The molecule has 78 valence electrons. The van der Waals surface area contributed by atoms with E-state index in [4.69, 9.17) is 0 Å². The molecule has 0 aliphatic rings. The van der Waals surface area contributed by atoms with E-state index in [9.17, 15) is 4.79 Å². The Kier molecular flexibility index (Phi) is 2.49. The van der Waals surface area contributed by atoms with E-state index in [1.54, 1.807) is 18.5 Å². The van der Waals surface area contributed by atoms with Crippen LogP contribution in [0.5, 0.6) is 0 Å². The zero-order valence-corrected chi connectivity index (χ0v) is 8.24. The number of aromatic nitrogens is 4. The fourth-order valence-electron chi connectivity index (χ4n) is 1.23. The Labute approximate surface area is 86.1 Å². The SMILES string of the molecule is Cc1[nH]ncc1NC(=O)Cc1ccn[nH]1. The van der Waals surface area contributed by atoms with E-state index >= 15 is 0 Å². The van der Waals surface area contributed by atoms with Gasteiger partial charge in [0, 0.05) is 11.9 Å². The van der Waals surface area contributed by atoms with Gasteiger partial charge in [0.1, 0.15) is 0 Å². The summed E-state index contributed by atoms with van der Waals surface area (Å²) >= 11 is 0. The number of carbonyl (C=O) groups is 1. The summed E-state index contributed by atoms with van der Waals surface area (Å²) in [5, 5.41) is 15.8. The van der Waals surface area contributed by atoms with Crippen LogP contribution in [0.4, 0.5) is 5.69 Å². The van der Waals surface area contributed by atoms with Crippen molar-refractivity contribution in [1.29, 1.82) is 0 Å². The summed E-state index contributed by atoms with van der Waals surface area (Å²) < 4.78 is 0. The molecule has 0 aliphatic heterocycles. The van der Waals surface area contributed by atoms with Crippen LogP contribution in [0, 0.1) is 6.92 Å². The first-order chi connectivity index (χ1) is 7.25. The van der Waals surface area contributed by atoms with E-state index in [2.05, 4.69) is 25.7 Å². The molecular weight excluding hydrogens is 194 g/mol. The summed E-state index contributed by atoms with van der Waals surface area (Å²) in [5.41, 5.74) is 2.33. The molecule has 0 aromatic carbocycles. The van der Waals surface area contributed by atoms with E-state index in [1.807, 2.05) is 6.92 Å². The Morgan fingerprint density at radius 3 is 2.93 bits per heavy atom. The highest BCUT2D eigenvalue weighted by Gasteiger charge is 2.07. The molecule has 0 aliphatic carbocycles. The molecule has 1 amide bonds. The molecule has 2 rings (SSSR count). The molecule has 3 N–H and O–H groups in total.